The maximum atomic E-state index is 12.6. The van der Waals surface area contributed by atoms with Crippen LogP contribution < -0.4 is 10.9 Å². The van der Waals surface area contributed by atoms with Crippen LogP contribution in [0.4, 0.5) is 0 Å². The Kier molecular flexibility index (Phi) is 5.77. The van der Waals surface area contributed by atoms with Crippen LogP contribution in [0.5, 0.6) is 0 Å². The number of hydrogen-bond donors (Lipinski definition) is 1. The van der Waals surface area contributed by atoms with Crippen LogP contribution in [0.2, 0.25) is 0 Å². The molecule has 1 amide bonds. The summed E-state index contributed by atoms with van der Waals surface area (Å²) in [6, 6.07) is 0. The molecule has 1 aliphatic rings. The fraction of sp³-hybridized carbons (Fsp3) is 0.600. The Morgan fingerprint density at radius 3 is 2.81 bits per heavy atom. The fourth-order valence-corrected chi connectivity index (χ4v) is 3.40. The number of allylic oxidation sites excluding steroid dienone is 1. The molecule has 7 nitrogen and oxygen atoms in total. The lowest BCUT2D eigenvalue weighted by atomic mass is 9.97. The van der Waals surface area contributed by atoms with Crippen LogP contribution in [-0.4, -0.2) is 31.8 Å². The summed E-state index contributed by atoms with van der Waals surface area (Å²) >= 11 is 0. The molecule has 0 bridgehead atoms. The van der Waals surface area contributed by atoms with Crippen molar-refractivity contribution in [3.05, 3.63) is 34.5 Å². The first-order valence-corrected chi connectivity index (χ1v) is 9.74. The molecule has 0 aliphatic heterocycles. The van der Waals surface area contributed by atoms with E-state index in [1.165, 1.54) is 29.3 Å². The Bertz CT molecular complexity index is 901. The Labute approximate surface area is 159 Å². The number of nitrogens with zero attached hydrogens (tertiary/aromatic N) is 4. The van der Waals surface area contributed by atoms with Crippen molar-refractivity contribution < 1.29 is 4.79 Å². The zero-order chi connectivity index (χ0) is 19.4. The highest BCUT2D eigenvalue weighted by Crippen LogP contribution is 2.19. The van der Waals surface area contributed by atoms with Crippen LogP contribution in [0.3, 0.4) is 0 Å². The van der Waals surface area contributed by atoms with E-state index in [0.717, 1.165) is 19.3 Å². The van der Waals surface area contributed by atoms with Crippen molar-refractivity contribution >= 4 is 16.9 Å². The average molecular weight is 371 g/mol. The molecule has 0 spiro atoms. The molecule has 2 aromatic heterocycles. The van der Waals surface area contributed by atoms with Gasteiger partial charge in [0.15, 0.2) is 5.65 Å². The maximum absolute atomic E-state index is 12.6. The second-order valence-electron chi connectivity index (χ2n) is 8.17. The van der Waals surface area contributed by atoms with Gasteiger partial charge in [0.25, 0.3) is 5.56 Å². The number of hydrogen-bond acceptors (Lipinski definition) is 4. The molecule has 146 valence electrons. The van der Waals surface area contributed by atoms with Crippen molar-refractivity contribution in [3.8, 4) is 0 Å². The second-order valence-corrected chi connectivity index (χ2v) is 8.17. The number of aromatic nitrogens is 4. The van der Waals surface area contributed by atoms with Gasteiger partial charge >= 0.3 is 0 Å². The monoisotopic (exact) mass is 371 g/mol. The lowest BCUT2D eigenvalue weighted by molar-refractivity contribution is -0.121. The van der Waals surface area contributed by atoms with Gasteiger partial charge < -0.3 is 5.32 Å². The van der Waals surface area contributed by atoms with Gasteiger partial charge in [0.2, 0.25) is 5.91 Å². The quantitative estimate of drug-likeness (QED) is 0.792. The molecule has 27 heavy (non-hydrogen) atoms. The van der Waals surface area contributed by atoms with Crippen molar-refractivity contribution in [2.24, 2.45) is 0 Å². The predicted molar refractivity (Wildman–Crippen MR) is 106 cm³/mol. The molecule has 0 fully saturated rings. The van der Waals surface area contributed by atoms with Gasteiger partial charge in [0, 0.05) is 19.5 Å². The molecule has 0 saturated heterocycles. The van der Waals surface area contributed by atoms with Crippen LogP contribution in [-0.2, 0) is 16.9 Å². The van der Waals surface area contributed by atoms with E-state index in [1.54, 1.807) is 10.9 Å². The summed E-state index contributed by atoms with van der Waals surface area (Å²) in [6.45, 7) is 7.02. The molecule has 0 radical (unpaired) electrons. The first-order valence-electron chi connectivity index (χ1n) is 9.74. The molecule has 7 heteroatoms. The largest absolute Gasteiger partial charge is 0.356 e. The molecule has 0 aromatic carbocycles. The molecule has 2 heterocycles. The molecule has 0 atom stereocenters. The first-order chi connectivity index (χ1) is 12.9. The van der Waals surface area contributed by atoms with Crippen molar-refractivity contribution in [1.82, 2.24) is 24.6 Å². The summed E-state index contributed by atoms with van der Waals surface area (Å²) in [4.78, 5) is 29.1. The lowest BCUT2D eigenvalue weighted by Gasteiger charge is -2.19. The smallest absolute Gasteiger partial charge is 0.264 e. The number of rotatable bonds is 6. The second kappa shape index (κ2) is 8.06. The van der Waals surface area contributed by atoms with E-state index >= 15 is 0 Å². The Morgan fingerprint density at radius 2 is 2.11 bits per heavy atom. The van der Waals surface area contributed by atoms with Crippen LogP contribution in [0, 0.1) is 0 Å². The highest BCUT2D eigenvalue weighted by Gasteiger charge is 2.19. The van der Waals surface area contributed by atoms with Crippen molar-refractivity contribution in [1.29, 1.82) is 0 Å². The van der Waals surface area contributed by atoms with E-state index in [0.29, 0.717) is 24.1 Å². The van der Waals surface area contributed by atoms with Gasteiger partial charge in [-0.3, -0.25) is 14.2 Å². The van der Waals surface area contributed by atoms with Crippen LogP contribution in [0.1, 0.15) is 59.3 Å². The molecule has 0 saturated carbocycles. The third-order valence-corrected chi connectivity index (χ3v) is 4.92. The molecule has 3 rings (SSSR count). The number of nitrogens with one attached hydrogen (secondary N) is 1. The van der Waals surface area contributed by atoms with Gasteiger partial charge in [-0.25, -0.2) is 9.67 Å². The number of aryl methyl sites for hydroxylation is 1. The summed E-state index contributed by atoms with van der Waals surface area (Å²) < 4.78 is 3.24. The fourth-order valence-electron chi connectivity index (χ4n) is 3.40. The van der Waals surface area contributed by atoms with E-state index in [2.05, 4.69) is 21.5 Å². The van der Waals surface area contributed by atoms with Gasteiger partial charge in [0.05, 0.1) is 18.1 Å². The lowest BCUT2D eigenvalue weighted by Crippen LogP contribution is -2.29. The van der Waals surface area contributed by atoms with E-state index in [9.17, 15) is 9.59 Å². The highest BCUT2D eigenvalue weighted by atomic mass is 16.1. The summed E-state index contributed by atoms with van der Waals surface area (Å²) in [5.41, 5.74) is 1.62. The minimum Gasteiger partial charge on any atom is -0.356 e. The number of carbonyl (C=O) groups excluding carboxylic acids is 1. The van der Waals surface area contributed by atoms with Gasteiger partial charge in [-0.15, -0.1) is 0 Å². The Balaban J connectivity index is 1.57. The number of fused-ring (bicyclic) bond motifs is 1. The summed E-state index contributed by atoms with van der Waals surface area (Å²) in [5, 5.41) is 7.74. The molecule has 1 N–H and O–H groups in total. The number of amides is 1. The average Bonchev–Trinajstić information content (AvgIpc) is 3.07. The normalized spacial score (nSPS) is 15.0. The molecular formula is C20H29N5O2. The summed E-state index contributed by atoms with van der Waals surface area (Å²) in [5.74, 6) is -0.0382. The van der Waals surface area contributed by atoms with E-state index in [4.69, 9.17) is 0 Å². The Hall–Kier alpha value is -2.44. The van der Waals surface area contributed by atoms with Crippen molar-refractivity contribution in [3.63, 3.8) is 0 Å². The van der Waals surface area contributed by atoms with Crippen LogP contribution >= 0.6 is 0 Å². The minimum atomic E-state index is -0.249. The maximum Gasteiger partial charge on any atom is 0.264 e. The molecule has 0 unspecified atom stereocenters. The standard InChI is InChI=1S/C20H29N5O2/c1-20(2,3)25-18-16(13-23-25)19(27)24(14-22-18)12-10-17(26)21-11-9-15-7-5-4-6-8-15/h7,13-14H,4-6,8-12H2,1-3H3,(H,21,26). The van der Waals surface area contributed by atoms with Gasteiger partial charge in [-0.05, 0) is 52.9 Å². The molecule has 1 aliphatic carbocycles. The van der Waals surface area contributed by atoms with E-state index in [1.807, 2.05) is 20.8 Å². The van der Waals surface area contributed by atoms with E-state index in [-0.39, 0.29) is 23.4 Å². The van der Waals surface area contributed by atoms with Crippen molar-refractivity contribution in [2.75, 3.05) is 6.54 Å². The van der Waals surface area contributed by atoms with Crippen molar-refractivity contribution in [2.45, 2.75) is 71.4 Å². The zero-order valence-electron chi connectivity index (χ0n) is 16.5. The van der Waals surface area contributed by atoms with E-state index < -0.39 is 0 Å². The molecule has 2 aromatic rings. The Morgan fingerprint density at radius 1 is 1.30 bits per heavy atom. The van der Waals surface area contributed by atoms with Gasteiger partial charge in [-0.1, -0.05) is 11.6 Å². The molecular weight excluding hydrogens is 342 g/mol. The third-order valence-electron chi connectivity index (χ3n) is 4.92. The summed E-state index contributed by atoms with van der Waals surface area (Å²) in [6.07, 6.45) is 11.4. The SMILES string of the molecule is CC(C)(C)n1ncc2c(=O)n(CCC(=O)NCCC3=CCCCC3)cnc21. The minimum absolute atomic E-state index is 0.0382. The highest BCUT2D eigenvalue weighted by molar-refractivity contribution is 5.76. The zero-order valence-corrected chi connectivity index (χ0v) is 16.5. The van der Waals surface area contributed by atoms with Gasteiger partial charge in [-0.2, -0.15) is 5.10 Å². The third kappa shape index (κ3) is 4.64. The number of carbonyl (C=O) groups is 1. The topological polar surface area (TPSA) is 81.8 Å². The summed E-state index contributed by atoms with van der Waals surface area (Å²) in [7, 11) is 0. The van der Waals surface area contributed by atoms with Crippen LogP contribution in [0.15, 0.2) is 29.0 Å². The van der Waals surface area contributed by atoms with Gasteiger partial charge in [0.1, 0.15) is 5.39 Å². The first kappa shape index (κ1) is 19.3. The van der Waals surface area contributed by atoms with Crippen LogP contribution in [0.25, 0.3) is 11.0 Å². The predicted octanol–water partition coefficient (Wildman–Crippen LogP) is 2.74.